The van der Waals surface area contributed by atoms with E-state index in [0.29, 0.717) is 0 Å². The van der Waals surface area contributed by atoms with Gasteiger partial charge in [0.15, 0.2) is 0 Å². The summed E-state index contributed by atoms with van der Waals surface area (Å²) in [6.07, 6.45) is 0. The Hall–Kier alpha value is -3.36. The molecule has 0 saturated carbocycles. The first-order chi connectivity index (χ1) is 14.6. The van der Waals surface area contributed by atoms with Gasteiger partial charge in [0.1, 0.15) is 5.60 Å². The van der Waals surface area contributed by atoms with Crippen molar-refractivity contribution in [2.45, 2.75) is 25.5 Å². The maximum Gasteiger partial charge on any atom is 0.139 e. The van der Waals surface area contributed by atoms with Gasteiger partial charge >= 0.3 is 0 Å². The van der Waals surface area contributed by atoms with Crippen molar-refractivity contribution < 1.29 is 5.11 Å². The number of hydrogen-bond donors (Lipinski definition) is 2. The number of benzene rings is 4. The van der Waals surface area contributed by atoms with Gasteiger partial charge in [-0.2, -0.15) is 0 Å². The second kappa shape index (κ2) is 8.56. The van der Waals surface area contributed by atoms with Gasteiger partial charge < -0.3 is 10.4 Å². The number of aliphatic hydroxyl groups is 1. The molecular weight excluding hydrogens is 366 g/mol. The van der Waals surface area contributed by atoms with Crippen LogP contribution in [0, 0.1) is 13.8 Å². The van der Waals surface area contributed by atoms with Crippen LogP contribution in [0.2, 0.25) is 0 Å². The minimum absolute atomic E-state index is 0.384. The van der Waals surface area contributed by atoms with Crippen LogP contribution in [0.15, 0.2) is 109 Å². The lowest BCUT2D eigenvalue weighted by Gasteiger charge is -2.39. The van der Waals surface area contributed by atoms with Crippen molar-refractivity contribution in [1.29, 1.82) is 0 Å². The van der Waals surface area contributed by atoms with E-state index in [1.54, 1.807) is 0 Å². The minimum Gasteiger partial charge on any atom is -0.378 e. The molecule has 150 valence electrons. The Kier molecular flexibility index (Phi) is 5.69. The van der Waals surface area contributed by atoms with Crippen LogP contribution < -0.4 is 5.32 Å². The first-order valence-corrected chi connectivity index (χ1v) is 10.3. The third kappa shape index (κ3) is 4.00. The average Bonchev–Trinajstić information content (AvgIpc) is 2.80. The van der Waals surface area contributed by atoms with Crippen molar-refractivity contribution in [2.24, 2.45) is 0 Å². The molecule has 2 nitrogen and oxygen atoms in total. The molecule has 0 saturated heterocycles. The highest BCUT2D eigenvalue weighted by Gasteiger charge is 2.41. The van der Waals surface area contributed by atoms with Gasteiger partial charge in [0.05, 0.1) is 6.04 Å². The van der Waals surface area contributed by atoms with Gasteiger partial charge in [0, 0.05) is 5.69 Å². The zero-order chi connectivity index (χ0) is 21.0. The molecule has 0 fully saturated rings. The molecule has 30 heavy (non-hydrogen) atoms. The van der Waals surface area contributed by atoms with Gasteiger partial charge in [-0.1, -0.05) is 108 Å². The van der Waals surface area contributed by atoms with Crippen LogP contribution in [0.3, 0.4) is 0 Å². The first kappa shape index (κ1) is 19.9. The molecule has 0 aliphatic rings. The summed E-state index contributed by atoms with van der Waals surface area (Å²) in [6.45, 7) is 4.15. The molecular formula is C28H27NO. The zero-order valence-electron chi connectivity index (χ0n) is 17.4. The predicted octanol–water partition coefficient (Wildman–Crippen LogP) is 6.39. The molecule has 0 aliphatic carbocycles. The molecule has 1 unspecified atom stereocenters. The largest absolute Gasteiger partial charge is 0.378 e. The van der Waals surface area contributed by atoms with E-state index in [2.05, 4.69) is 67.7 Å². The molecule has 0 radical (unpaired) electrons. The standard InChI is InChI=1S/C28H27NO/c1-21-13-17-23(18-14-21)27(29-26-19-15-22(2)16-20-26)28(30,24-9-5-3-6-10-24)25-11-7-4-8-12-25/h3-20,27,29-30H,1-2H3. The Bertz CT molecular complexity index is 1030. The molecule has 0 spiro atoms. The van der Waals surface area contributed by atoms with Gasteiger partial charge in [0.2, 0.25) is 0 Å². The molecule has 2 heteroatoms. The Balaban J connectivity index is 1.90. The number of nitrogens with one attached hydrogen (secondary N) is 1. The van der Waals surface area contributed by atoms with E-state index in [9.17, 15) is 5.11 Å². The van der Waals surface area contributed by atoms with Crippen molar-refractivity contribution in [3.8, 4) is 0 Å². The lowest BCUT2D eigenvalue weighted by molar-refractivity contribution is 0.0585. The third-order valence-corrected chi connectivity index (χ3v) is 5.62. The van der Waals surface area contributed by atoms with Crippen molar-refractivity contribution in [2.75, 3.05) is 5.32 Å². The van der Waals surface area contributed by atoms with E-state index in [1.165, 1.54) is 11.1 Å². The van der Waals surface area contributed by atoms with Gasteiger partial charge in [-0.3, -0.25) is 0 Å². The Morgan fingerprint density at radius 3 is 1.50 bits per heavy atom. The normalized spacial score (nSPS) is 12.4. The summed E-state index contributed by atoms with van der Waals surface area (Å²) in [7, 11) is 0. The molecule has 0 aliphatic heterocycles. The molecule has 4 rings (SSSR count). The molecule has 0 amide bonds. The van der Waals surface area contributed by atoms with Crippen LogP contribution in [-0.4, -0.2) is 5.11 Å². The van der Waals surface area contributed by atoms with E-state index in [1.807, 2.05) is 60.7 Å². The van der Waals surface area contributed by atoms with Crippen LogP contribution in [0.1, 0.15) is 33.9 Å². The van der Waals surface area contributed by atoms with Crippen LogP contribution in [0.4, 0.5) is 5.69 Å². The quantitative estimate of drug-likeness (QED) is 0.398. The van der Waals surface area contributed by atoms with Crippen LogP contribution in [0.5, 0.6) is 0 Å². The molecule has 0 aromatic heterocycles. The maximum atomic E-state index is 12.4. The molecule has 0 heterocycles. The predicted molar refractivity (Wildman–Crippen MR) is 125 cm³/mol. The number of rotatable bonds is 6. The van der Waals surface area contributed by atoms with E-state index in [-0.39, 0.29) is 6.04 Å². The van der Waals surface area contributed by atoms with Gasteiger partial charge in [-0.15, -0.1) is 0 Å². The van der Waals surface area contributed by atoms with E-state index < -0.39 is 5.60 Å². The number of aryl methyl sites for hydroxylation is 2. The summed E-state index contributed by atoms with van der Waals surface area (Å²) in [5.41, 5.74) is 4.82. The first-order valence-electron chi connectivity index (χ1n) is 10.3. The van der Waals surface area contributed by atoms with Crippen LogP contribution in [0.25, 0.3) is 0 Å². The monoisotopic (exact) mass is 393 g/mol. The number of anilines is 1. The van der Waals surface area contributed by atoms with Crippen LogP contribution >= 0.6 is 0 Å². The van der Waals surface area contributed by atoms with Gasteiger partial charge in [-0.05, 0) is 42.7 Å². The fourth-order valence-electron chi connectivity index (χ4n) is 3.89. The van der Waals surface area contributed by atoms with Crippen LogP contribution in [-0.2, 0) is 5.60 Å². The molecule has 2 N–H and O–H groups in total. The fourth-order valence-corrected chi connectivity index (χ4v) is 3.89. The van der Waals surface area contributed by atoms with E-state index in [4.69, 9.17) is 0 Å². The summed E-state index contributed by atoms with van der Waals surface area (Å²) in [5, 5.41) is 16.0. The fraction of sp³-hybridized carbons (Fsp3) is 0.143. The van der Waals surface area contributed by atoms with Gasteiger partial charge in [-0.25, -0.2) is 0 Å². The lowest BCUT2D eigenvalue weighted by Crippen LogP contribution is -2.39. The van der Waals surface area contributed by atoms with Crippen molar-refractivity contribution in [1.82, 2.24) is 0 Å². The summed E-state index contributed by atoms with van der Waals surface area (Å²) in [4.78, 5) is 0. The smallest absolute Gasteiger partial charge is 0.139 e. The minimum atomic E-state index is -1.26. The second-order valence-electron chi connectivity index (χ2n) is 7.85. The SMILES string of the molecule is Cc1ccc(NC(c2ccc(C)cc2)C(O)(c2ccccc2)c2ccccc2)cc1. The molecule has 1 atom stereocenters. The Labute approximate surface area is 178 Å². The maximum absolute atomic E-state index is 12.4. The zero-order valence-corrected chi connectivity index (χ0v) is 17.4. The summed E-state index contributed by atoms with van der Waals surface area (Å²) < 4.78 is 0. The molecule has 4 aromatic rings. The third-order valence-electron chi connectivity index (χ3n) is 5.62. The van der Waals surface area contributed by atoms with Crippen molar-refractivity contribution in [3.05, 3.63) is 137 Å². The highest BCUT2D eigenvalue weighted by molar-refractivity contribution is 5.51. The highest BCUT2D eigenvalue weighted by atomic mass is 16.3. The Morgan fingerprint density at radius 2 is 1.03 bits per heavy atom. The lowest BCUT2D eigenvalue weighted by atomic mass is 9.77. The Morgan fingerprint density at radius 1 is 0.600 bits per heavy atom. The summed E-state index contributed by atoms with van der Waals surface area (Å²) >= 11 is 0. The molecule has 0 bridgehead atoms. The highest BCUT2D eigenvalue weighted by Crippen LogP contribution is 2.43. The second-order valence-corrected chi connectivity index (χ2v) is 7.85. The van der Waals surface area contributed by atoms with E-state index >= 15 is 0 Å². The molecule has 4 aromatic carbocycles. The summed E-state index contributed by atoms with van der Waals surface area (Å²) in [5.74, 6) is 0. The van der Waals surface area contributed by atoms with Crippen molar-refractivity contribution in [3.63, 3.8) is 0 Å². The van der Waals surface area contributed by atoms with Gasteiger partial charge in [0.25, 0.3) is 0 Å². The van der Waals surface area contributed by atoms with E-state index in [0.717, 1.165) is 22.4 Å². The number of hydrogen-bond acceptors (Lipinski definition) is 2. The topological polar surface area (TPSA) is 32.3 Å². The summed E-state index contributed by atoms with van der Waals surface area (Å²) in [6, 6.07) is 36.1. The van der Waals surface area contributed by atoms with Crippen molar-refractivity contribution >= 4 is 5.69 Å². The average molecular weight is 394 g/mol.